The van der Waals surface area contributed by atoms with E-state index in [9.17, 15) is 9.90 Å². The van der Waals surface area contributed by atoms with E-state index in [0.717, 1.165) is 31.5 Å². The lowest BCUT2D eigenvalue weighted by atomic mass is 9.79. The summed E-state index contributed by atoms with van der Waals surface area (Å²) in [6.45, 7) is 1.84. The Kier molecular flexibility index (Phi) is 2.94. The Morgan fingerprint density at radius 2 is 2.12 bits per heavy atom. The van der Waals surface area contributed by atoms with Crippen LogP contribution in [0.3, 0.4) is 0 Å². The normalized spacial score (nSPS) is 25.6. The van der Waals surface area contributed by atoms with Crippen molar-refractivity contribution in [2.45, 2.75) is 38.5 Å². The number of aliphatic carboxylic acids is 1. The van der Waals surface area contributed by atoms with Crippen LogP contribution in [0.15, 0.2) is 0 Å². The van der Waals surface area contributed by atoms with E-state index in [-0.39, 0.29) is 11.8 Å². The van der Waals surface area contributed by atoms with E-state index in [4.69, 9.17) is 0 Å². The largest absolute Gasteiger partial charge is 0.481 e. The highest BCUT2D eigenvalue weighted by Gasteiger charge is 2.34. The maximum Gasteiger partial charge on any atom is 0.307 e. The second kappa shape index (κ2) is 4.23. The molecule has 0 spiro atoms. The molecule has 0 radical (unpaired) electrons. The SMILES string of the molecule is Cc1nc(C2CCCCC2C(=O)O)n(C)n1. The van der Waals surface area contributed by atoms with Crippen molar-refractivity contribution in [2.24, 2.45) is 13.0 Å². The first-order chi connectivity index (χ1) is 7.59. The van der Waals surface area contributed by atoms with Gasteiger partial charge in [0.05, 0.1) is 5.92 Å². The molecule has 2 rings (SSSR count). The van der Waals surface area contributed by atoms with E-state index in [2.05, 4.69) is 10.1 Å². The van der Waals surface area contributed by atoms with Crippen molar-refractivity contribution in [2.75, 3.05) is 0 Å². The summed E-state index contributed by atoms with van der Waals surface area (Å²) < 4.78 is 1.72. The number of aryl methyl sites for hydroxylation is 2. The molecule has 0 aliphatic heterocycles. The second-order valence-corrected chi connectivity index (χ2v) is 4.48. The maximum atomic E-state index is 11.2. The molecule has 2 unspecified atom stereocenters. The average molecular weight is 223 g/mol. The van der Waals surface area contributed by atoms with Gasteiger partial charge in [-0.05, 0) is 19.8 Å². The van der Waals surface area contributed by atoms with E-state index in [1.54, 1.807) is 4.68 Å². The van der Waals surface area contributed by atoms with Gasteiger partial charge in [0.2, 0.25) is 0 Å². The smallest absolute Gasteiger partial charge is 0.307 e. The Balaban J connectivity index is 2.29. The monoisotopic (exact) mass is 223 g/mol. The van der Waals surface area contributed by atoms with Crippen molar-refractivity contribution < 1.29 is 9.90 Å². The fourth-order valence-corrected chi connectivity index (χ4v) is 2.59. The third-order valence-corrected chi connectivity index (χ3v) is 3.32. The summed E-state index contributed by atoms with van der Waals surface area (Å²) in [6, 6.07) is 0. The first-order valence-corrected chi connectivity index (χ1v) is 5.70. The topological polar surface area (TPSA) is 68.0 Å². The molecule has 0 saturated heterocycles. The number of hydrogen-bond donors (Lipinski definition) is 1. The van der Waals surface area contributed by atoms with Gasteiger partial charge >= 0.3 is 5.97 Å². The zero-order chi connectivity index (χ0) is 11.7. The summed E-state index contributed by atoms with van der Waals surface area (Å²) in [5, 5.41) is 13.4. The Bertz CT molecular complexity index is 400. The van der Waals surface area contributed by atoms with E-state index in [1.807, 2.05) is 14.0 Å². The van der Waals surface area contributed by atoms with Crippen LogP contribution in [0.4, 0.5) is 0 Å². The molecule has 1 aliphatic rings. The lowest BCUT2D eigenvalue weighted by molar-refractivity contribution is -0.143. The molecule has 5 nitrogen and oxygen atoms in total. The van der Waals surface area contributed by atoms with Gasteiger partial charge in [-0.1, -0.05) is 12.8 Å². The predicted molar refractivity (Wildman–Crippen MR) is 58.1 cm³/mol. The van der Waals surface area contributed by atoms with Crippen molar-refractivity contribution in [3.63, 3.8) is 0 Å². The Hall–Kier alpha value is -1.39. The van der Waals surface area contributed by atoms with Crippen LogP contribution in [0.5, 0.6) is 0 Å². The first kappa shape index (κ1) is 11.1. The first-order valence-electron chi connectivity index (χ1n) is 5.70. The molecule has 16 heavy (non-hydrogen) atoms. The molecule has 1 saturated carbocycles. The third-order valence-electron chi connectivity index (χ3n) is 3.32. The molecule has 2 atom stereocenters. The molecular weight excluding hydrogens is 206 g/mol. The van der Waals surface area contributed by atoms with Gasteiger partial charge in [0.1, 0.15) is 11.6 Å². The predicted octanol–water partition coefficient (Wildman–Crippen LogP) is 1.48. The lowest BCUT2D eigenvalue weighted by Gasteiger charge is -2.27. The van der Waals surface area contributed by atoms with Gasteiger partial charge in [0.25, 0.3) is 0 Å². The molecule has 5 heteroatoms. The minimum atomic E-state index is -0.703. The highest BCUT2D eigenvalue weighted by atomic mass is 16.4. The van der Waals surface area contributed by atoms with Crippen molar-refractivity contribution >= 4 is 5.97 Å². The molecule has 1 aliphatic carbocycles. The van der Waals surface area contributed by atoms with Crippen molar-refractivity contribution in [3.8, 4) is 0 Å². The van der Waals surface area contributed by atoms with Crippen LogP contribution in [0.2, 0.25) is 0 Å². The summed E-state index contributed by atoms with van der Waals surface area (Å²) >= 11 is 0. The van der Waals surface area contributed by atoms with Crippen LogP contribution < -0.4 is 0 Å². The van der Waals surface area contributed by atoms with Gasteiger partial charge in [-0.3, -0.25) is 9.48 Å². The average Bonchev–Trinajstić information content (AvgIpc) is 2.57. The number of nitrogens with zero attached hydrogens (tertiary/aromatic N) is 3. The fourth-order valence-electron chi connectivity index (χ4n) is 2.59. The molecule has 88 valence electrons. The minimum absolute atomic E-state index is 0.0254. The number of hydrogen-bond acceptors (Lipinski definition) is 3. The highest BCUT2D eigenvalue weighted by molar-refractivity contribution is 5.71. The van der Waals surface area contributed by atoms with Gasteiger partial charge in [0, 0.05) is 13.0 Å². The van der Waals surface area contributed by atoms with E-state index in [0.29, 0.717) is 5.82 Å². The number of carboxylic acids is 1. The van der Waals surface area contributed by atoms with Crippen molar-refractivity contribution in [1.29, 1.82) is 0 Å². The van der Waals surface area contributed by atoms with Gasteiger partial charge < -0.3 is 5.11 Å². The Labute approximate surface area is 94.5 Å². The molecule has 0 bridgehead atoms. The second-order valence-electron chi connectivity index (χ2n) is 4.48. The summed E-state index contributed by atoms with van der Waals surface area (Å²) in [5.41, 5.74) is 0. The van der Waals surface area contributed by atoms with Crippen LogP contribution in [0, 0.1) is 12.8 Å². The number of aromatic nitrogens is 3. The van der Waals surface area contributed by atoms with Crippen molar-refractivity contribution in [1.82, 2.24) is 14.8 Å². The zero-order valence-electron chi connectivity index (χ0n) is 9.68. The van der Waals surface area contributed by atoms with Crippen LogP contribution in [0.1, 0.15) is 43.3 Å². The summed E-state index contributed by atoms with van der Waals surface area (Å²) in [6.07, 6.45) is 3.75. The zero-order valence-corrected chi connectivity index (χ0v) is 9.68. The summed E-state index contributed by atoms with van der Waals surface area (Å²) in [7, 11) is 1.84. The van der Waals surface area contributed by atoms with Gasteiger partial charge in [-0.15, -0.1) is 0 Å². The summed E-state index contributed by atoms with van der Waals surface area (Å²) in [4.78, 5) is 15.6. The van der Waals surface area contributed by atoms with Gasteiger partial charge in [-0.2, -0.15) is 5.10 Å². The molecule has 0 aromatic carbocycles. The quantitative estimate of drug-likeness (QED) is 0.824. The lowest BCUT2D eigenvalue weighted by Crippen LogP contribution is -2.27. The molecule has 0 amide bonds. The van der Waals surface area contributed by atoms with Crippen LogP contribution in [0.25, 0.3) is 0 Å². The van der Waals surface area contributed by atoms with Gasteiger partial charge in [0.15, 0.2) is 0 Å². The molecule has 1 N–H and O–H groups in total. The fraction of sp³-hybridized carbons (Fsp3) is 0.727. The number of rotatable bonds is 2. The van der Waals surface area contributed by atoms with Crippen LogP contribution in [-0.2, 0) is 11.8 Å². The van der Waals surface area contributed by atoms with Gasteiger partial charge in [-0.25, -0.2) is 4.98 Å². The third kappa shape index (κ3) is 1.94. The van der Waals surface area contributed by atoms with E-state index >= 15 is 0 Å². The Morgan fingerprint density at radius 3 is 2.69 bits per heavy atom. The van der Waals surface area contributed by atoms with Crippen molar-refractivity contribution in [3.05, 3.63) is 11.6 Å². The number of carbonyl (C=O) groups is 1. The van der Waals surface area contributed by atoms with Crippen LogP contribution >= 0.6 is 0 Å². The van der Waals surface area contributed by atoms with E-state index < -0.39 is 5.97 Å². The molecule has 1 aromatic heterocycles. The molecule has 1 aromatic rings. The molecular formula is C11H17N3O2. The number of carboxylic acid groups (broad SMARTS) is 1. The highest BCUT2D eigenvalue weighted by Crippen LogP contribution is 2.36. The van der Waals surface area contributed by atoms with E-state index in [1.165, 1.54) is 0 Å². The van der Waals surface area contributed by atoms with Crippen LogP contribution in [-0.4, -0.2) is 25.8 Å². The summed E-state index contributed by atoms with van der Waals surface area (Å²) in [5.74, 6) is 0.565. The maximum absolute atomic E-state index is 11.2. The Morgan fingerprint density at radius 1 is 1.44 bits per heavy atom. The standard InChI is InChI=1S/C11H17N3O2/c1-7-12-10(14(2)13-7)8-5-3-4-6-9(8)11(15)16/h8-9H,3-6H2,1-2H3,(H,15,16). The minimum Gasteiger partial charge on any atom is -0.481 e. The molecule has 1 fully saturated rings. The molecule has 1 heterocycles.